The molecule has 2 fully saturated rings. The fourth-order valence-corrected chi connectivity index (χ4v) is 2.90. The molecule has 2 aliphatic rings. The van der Waals surface area contributed by atoms with Crippen LogP contribution >= 0.6 is 0 Å². The van der Waals surface area contributed by atoms with Gasteiger partial charge in [-0.3, -0.25) is 19.3 Å². The molecule has 1 aliphatic carbocycles. The summed E-state index contributed by atoms with van der Waals surface area (Å²) in [5.74, 6) is -1.75. The van der Waals surface area contributed by atoms with E-state index in [1.54, 1.807) is 6.92 Å². The van der Waals surface area contributed by atoms with Crippen LogP contribution in [-0.2, 0) is 14.4 Å². The van der Waals surface area contributed by atoms with Crippen LogP contribution in [0, 0.1) is 6.92 Å². The summed E-state index contributed by atoms with van der Waals surface area (Å²) in [7, 11) is 0. The van der Waals surface area contributed by atoms with Crippen LogP contribution in [0.2, 0.25) is 0 Å². The maximum Gasteiger partial charge on any atom is 0.334 e. The third-order valence-corrected chi connectivity index (χ3v) is 3.97. The van der Waals surface area contributed by atoms with E-state index in [1.807, 2.05) is 0 Å². The van der Waals surface area contributed by atoms with Gasteiger partial charge >= 0.3 is 17.8 Å². The Morgan fingerprint density at radius 3 is 2.61 bits per heavy atom. The van der Waals surface area contributed by atoms with Crippen molar-refractivity contribution in [1.82, 2.24) is 15.0 Å². The zero-order chi connectivity index (χ0) is 16.6. The largest absolute Gasteiger partial charge is 0.360 e. The first-order valence-electron chi connectivity index (χ1n) is 7.39. The number of urea groups is 1. The van der Waals surface area contributed by atoms with Crippen molar-refractivity contribution >= 4 is 29.6 Å². The molecule has 23 heavy (non-hydrogen) atoms. The molecule has 3 rings (SSSR count). The standard InChI is InChI=1S/C14H16N4O5/c1-8-6-10(16-23-8)15-11(19)7-17-12(20)13(21)18(14(17)22)9-4-2-3-5-9/h6,9H,2-5,7H2,1H3,(H,15,16,19). The van der Waals surface area contributed by atoms with E-state index < -0.39 is 30.3 Å². The number of aryl methyl sites for hydroxylation is 1. The summed E-state index contributed by atoms with van der Waals surface area (Å²) in [6, 6.07) is 0.533. The highest BCUT2D eigenvalue weighted by Gasteiger charge is 2.48. The number of anilines is 1. The molecule has 0 aromatic carbocycles. The quantitative estimate of drug-likeness (QED) is 0.644. The van der Waals surface area contributed by atoms with Crippen LogP contribution < -0.4 is 5.32 Å². The lowest BCUT2D eigenvalue weighted by Gasteiger charge is -2.20. The van der Waals surface area contributed by atoms with Gasteiger partial charge in [-0.15, -0.1) is 0 Å². The van der Waals surface area contributed by atoms with Crippen LogP contribution in [0.3, 0.4) is 0 Å². The molecule has 1 N–H and O–H groups in total. The van der Waals surface area contributed by atoms with Gasteiger partial charge < -0.3 is 9.84 Å². The molecule has 0 unspecified atom stereocenters. The normalized spacial score (nSPS) is 19.1. The van der Waals surface area contributed by atoms with Gasteiger partial charge in [-0.05, 0) is 19.8 Å². The van der Waals surface area contributed by atoms with Crippen LogP contribution in [0.15, 0.2) is 10.6 Å². The summed E-state index contributed by atoms with van der Waals surface area (Å²) in [6.45, 7) is 1.13. The number of hydrogen-bond donors (Lipinski definition) is 1. The van der Waals surface area contributed by atoms with Gasteiger partial charge in [0.2, 0.25) is 5.91 Å². The molecule has 1 saturated carbocycles. The van der Waals surface area contributed by atoms with E-state index in [9.17, 15) is 19.2 Å². The number of rotatable bonds is 4. The van der Waals surface area contributed by atoms with Gasteiger partial charge in [-0.25, -0.2) is 9.69 Å². The molecule has 2 heterocycles. The third kappa shape index (κ3) is 2.81. The minimum Gasteiger partial charge on any atom is -0.360 e. The minimum atomic E-state index is -0.964. The summed E-state index contributed by atoms with van der Waals surface area (Å²) in [4.78, 5) is 49.9. The number of carbonyl (C=O) groups is 4. The first kappa shape index (κ1) is 15.2. The van der Waals surface area contributed by atoms with E-state index in [0.29, 0.717) is 23.5 Å². The van der Waals surface area contributed by atoms with E-state index in [0.717, 1.165) is 17.7 Å². The van der Waals surface area contributed by atoms with Crippen LogP contribution in [0.4, 0.5) is 10.6 Å². The third-order valence-electron chi connectivity index (χ3n) is 3.97. The molecular weight excluding hydrogens is 304 g/mol. The average molecular weight is 320 g/mol. The molecule has 1 aliphatic heterocycles. The number of nitrogens with one attached hydrogen (secondary N) is 1. The van der Waals surface area contributed by atoms with Crippen molar-refractivity contribution in [2.24, 2.45) is 0 Å². The molecule has 0 radical (unpaired) electrons. The van der Waals surface area contributed by atoms with Crippen molar-refractivity contribution in [3.05, 3.63) is 11.8 Å². The maximum absolute atomic E-state index is 12.3. The highest BCUT2D eigenvalue weighted by Crippen LogP contribution is 2.27. The number of hydrogen-bond acceptors (Lipinski definition) is 6. The smallest absolute Gasteiger partial charge is 0.334 e. The van der Waals surface area contributed by atoms with E-state index in [-0.39, 0.29) is 11.9 Å². The van der Waals surface area contributed by atoms with Crippen molar-refractivity contribution in [2.45, 2.75) is 38.6 Å². The van der Waals surface area contributed by atoms with Crippen molar-refractivity contribution in [1.29, 1.82) is 0 Å². The predicted octanol–water partition coefficient (Wildman–Crippen LogP) is 0.655. The van der Waals surface area contributed by atoms with Crippen LogP contribution in [0.5, 0.6) is 0 Å². The van der Waals surface area contributed by atoms with Crippen molar-refractivity contribution in [3.8, 4) is 0 Å². The van der Waals surface area contributed by atoms with Crippen molar-refractivity contribution in [2.75, 3.05) is 11.9 Å². The Labute approximate surface area is 131 Å². The Hall–Kier alpha value is -2.71. The Morgan fingerprint density at radius 2 is 2.00 bits per heavy atom. The fourth-order valence-electron chi connectivity index (χ4n) is 2.90. The van der Waals surface area contributed by atoms with Gasteiger partial charge in [-0.1, -0.05) is 18.0 Å². The molecule has 122 valence electrons. The molecule has 9 nitrogen and oxygen atoms in total. The Balaban J connectivity index is 1.67. The number of nitrogens with zero attached hydrogens (tertiary/aromatic N) is 3. The molecular formula is C14H16N4O5. The summed E-state index contributed by atoms with van der Waals surface area (Å²) in [6.07, 6.45) is 3.23. The SMILES string of the molecule is Cc1cc(NC(=O)CN2C(=O)C(=O)N(C3CCCC3)C2=O)no1. The molecule has 0 spiro atoms. The molecule has 0 atom stereocenters. The summed E-state index contributed by atoms with van der Waals surface area (Å²) in [5, 5.41) is 6.00. The zero-order valence-corrected chi connectivity index (χ0v) is 12.6. The predicted molar refractivity (Wildman–Crippen MR) is 76.1 cm³/mol. The van der Waals surface area contributed by atoms with Gasteiger partial charge in [0.05, 0.1) is 0 Å². The zero-order valence-electron chi connectivity index (χ0n) is 12.6. The van der Waals surface area contributed by atoms with Crippen molar-refractivity contribution < 1.29 is 23.7 Å². The highest BCUT2D eigenvalue weighted by atomic mass is 16.5. The molecule has 5 amide bonds. The molecule has 0 bridgehead atoms. The van der Waals surface area contributed by atoms with Crippen LogP contribution in [0.25, 0.3) is 0 Å². The Kier molecular flexibility index (Phi) is 3.85. The monoisotopic (exact) mass is 320 g/mol. The van der Waals surface area contributed by atoms with Gasteiger partial charge in [0.25, 0.3) is 0 Å². The average Bonchev–Trinajstić information content (AvgIpc) is 3.19. The van der Waals surface area contributed by atoms with E-state index in [1.165, 1.54) is 6.07 Å². The van der Waals surface area contributed by atoms with E-state index in [4.69, 9.17) is 4.52 Å². The maximum atomic E-state index is 12.3. The second-order valence-corrected chi connectivity index (χ2v) is 5.66. The molecule has 1 aromatic rings. The van der Waals surface area contributed by atoms with Gasteiger partial charge in [0.1, 0.15) is 12.3 Å². The molecule has 9 heteroatoms. The fraction of sp³-hybridized carbons (Fsp3) is 0.500. The van der Waals surface area contributed by atoms with E-state index >= 15 is 0 Å². The second kappa shape index (κ2) is 5.82. The summed E-state index contributed by atoms with van der Waals surface area (Å²) in [5.41, 5.74) is 0. The van der Waals surface area contributed by atoms with Gasteiger partial charge in [0, 0.05) is 12.1 Å². The van der Waals surface area contributed by atoms with Crippen LogP contribution in [0.1, 0.15) is 31.4 Å². The topological polar surface area (TPSA) is 113 Å². The Bertz CT molecular complexity index is 676. The number of aromatic nitrogens is 1. The first-order valence-corrected chi connectivity index (χ1v) is 7.39. The second-order valence-electron chi connectivity index (χ2n) is 5.66. The van der Waals surface area contributed by atoms with E-state index in [2.05, 4.69) is 10.5 Å². The Morgan fingerprint density at radius 1 is 1.30 bits per heavy atom. The lowest BCUT2D eigenvalue weighted by molar-refractivity contribution is -0.144. The summed E-state index contributed by atoms with van der Waals surface area (Å²) < 4.78 is 4.80. The highest BCUT2D eigenvalue weighted by molar-refractivity contribution is 6.45. The summed E-state index contributed by atoms with van der Waals surface area (Å²) >= 11 is 0. The van der Waals surface area contributed by atoms with Crippen LogP contribution in [-0.4, -0.2) is 51.3 Å². The lowest BCUT2D eigenvalue weighted by Crippen LogP contribution is -2.41. The molecule has 1 aromatic heterocycles. The lowest BCUT2D eigenvalue weighted by atomic mass is 10.2. The number of amides is 5. The minimum absolute atomic E-state index is 0.186. The number of carbonyl (C=O) groups excluding carboxylic acids is 4. The number of imide groups is 2. The first-order chi connectivity index (χ1) is 11.0. The van der Waals surface area contributed by atoms with Crippen molar-refractivity contribution in [3.63, 3.8) is 0 Å². The van der Waals surface area contributed by atoms with Gasteiger partial charge in [-0.2, -0.15) is 0 Å². The molecule has 1 saturated heterocycles. The van der Waals surface area contributed by atoms with Gasteiger partial charge in [0.15, 0.2) is 5.82 Å².